The van der Waals surface area contributed by atoms with Gasteiger partial charge >= 0.3 is 0 Å². The maximum absolute atomic E-state index is 12.2. The first-order valence-electron chi connectivity index (χ1n) is 7.73. The molecule has 1 heterocycles. The van der Waals surface area contributed by atoms with Crippen LogP contribution in [-0.2, 0) is 17.8 Å². The number of amides is 1. The monoisotopic (exact) mass is 324 g/mol. The largest absolute Gasteiger partial charge is 0.493 e. The molecule has 124 valence electrons. The Morgan fingerprint density at radius 3 is 2.58 bits per heavy atom. The zero-order valence-corrected chi connectivity index (χ0v) is 13.8. The molecule has 0 aliphatic rings. The van der Waals surface area contributed by atoms with Gasteiger partial charge in [-0.05, 0) is 46.8 Å². The van der Waals surface area contributed by atoms with E-state index in [9.17, 15) is 4.79 Å². The van der Waals surface area contributed by atoms with Gasteiger partial charge in [-0.3, -0.25) is 4.79 Å². The van der Waals surface area contributed by atoms with E-state index in [1.165, 1.54) is 0 Å². The van der Waals surface area contributed by atoms with Crippen molar-refractivity contribution in [3.63, 3.8) is 0 Å². The minimum absolute atomic E-state index is 0.0142. The van der Waals surface area contributed by atoms with Gasteiger partial charge < -0.3 is 19.8 Å². The van der Waals surface area contributed by atoms with Gasteiger partial charge in [0.15, 0.2) is 11.5 Å². The van der Waals surface area contributed by atoms with Crippen LogP contribution in [0.5, 0.6) is 11.5 Å². The van der Waals surface area contributed by atoms with Crippen molar-refractivity contribution in [2.24, 2.45) is 0 Å². The van der Waals surface area contributed by atoms with Crippen molar-refractivity contribution >= 4 is 16.8 Å². The summed E-state index contributed by atoms with van der Waals surface area (Å²) in [4.78, 5) is 15.3. The molecule has 0 saturated carbocycles. The summed E-state index contributed by atoms with van der Waals surface area (Å²) in [5, 5.41) is 4.05. The molecule has 3 aromatic rings. The third kappa shape index (κ3) is 3.51. The van der Waals surface area contributed by atoms with Gasteiger partial charge in [0.25, 0.3) is 0 Å². The number of hydrogen-bond acceptors (Lipinski definition) is 3. The van der Waals surface area contributed by atoms with Gasteiger partial charge in [0, 0.05) is 18.3 Å². The predicted molar refractivity (Wildman–Crippen MR) is 93.4 cm³/mol. The molecule has 0 bridgehead atoms. The molecule has 0 aliphatic carbocycles. The summed E-state index contributed by atoms with van der Waals surface area (Å²) < 4.78 is 10.5. The quantitative estimate of drug-likeness (QED) is 0.732. The Kier molecular flexibility index (Phi) is 4.70. The fraction of sp³-hybridized carbons (Fsp3) is 0.211. The van der Waals surface area contributed by atoms with Crippen LogP contribution in [0.4, 0.5) is 0 Å². The van der Waals surface area contributed by atoms with Crippen LogP contribution in [0.3, 0.4) is 0 Å². The minimum atomic E-state index is -0.0142. The number of methoxy groups -OCH3 is 2. The molecule has 3 rings (SSSR count). The lowest BCUT2D eigenvalue weighted by atomic mass is 10.1. The van der Waals surface area contributed by atoms with E-state index < -0.39 is 0 Å². The molecule has 0 atom stereocenters. The number of hydrogen-bond donors (Lipinski definition) is 2. The number of fused-ring (bicyclic) bond motifs is 1. The van der Waals surface area contributed by atoms with E-state index in [-0.39, 0.29) is 5.91 Å². The topological polar surface area (TPSA) is 63.3 Å². The fourth-order valence-electron chi connectivity index (χ4n) is 2.65. The number of aromatic nitrogens is 1. The number of benzene rings is 2. The van der Waals surface area contributed by atoms with E-state index in [0.717, 1.165) is 22.0 Å². The van der Waals surface area contributed by atoms with Crippen LogP contribution in [0.25, 0.3) is 10.9 Å². The molecule has 0 saturated heterocycles. The van der Waals surface area contributed by atoms with E-state index in [0.29, 0.717) is 24.5 Å². The number of nitrogens with one attached hydrogen (secondary N) is 2. The number of carbonyl (C=O) groups is 1. The molecular formula is C19H20N2O3. The Bertz CT molecular complexity index is 855. The lowest BCUT2D eigenvalue weighted by Gasteiger charge is -2.10. The lowest BCUT2D eigenvalue weighted by Crippen LogP contribution is -2.24. The second-order valence-corrected chi connectivity index (χ2v) is 5.54. The molecule has 5 nitrogen and oxygen atoms in total. The van der Waals surface area contributed by atoms with Gasteiger partial charge in [-0.15, -0.1) is 0 Å². The van der Waals surface area contributed by atoms with E-state index in [2.05, 4.69) is 10.3 Å². The van der Waals surface area contributed by atoms with Crippen LogP contribution in [0.15, 0.2) is 48.7 Å². The summed E-state index contributed by atoms with van der Waals surface area (Å²) >= 11 is 0. The van der Waals surface area contributed by atoms with Crippen LogP contribution in [0.2, 0.25) is 0 Å². The third-order valence-electron chi connectivity index (χ3n) is 3.92. The molecule has 0 aliphatic heterocycles. The predicted octanol–water partition coefficient (Wildman–Crippen LogP) is 3.04. The van der Waals surface area contributed by atoms with Crippen LogP contribution < -0.4 is 14.8 Å². The number of rotatable bonds is 6. The van der Waals surface area contributed by atoms with E-state index in [4.69, 9.17) is 9.47 Å². The molecule has 1 amide bonds. The Hall–Kier alpha value is -2.95. The Morgan fingerprint density at radius 1 is 1.00 bits per heavy atom. The van der Waals surface area contributed by atoms with Crippen LogP contribution in [0.1, 0.15) is 11.1 Å². The van der Waals surface area contributed by atoms with Crippen molar-refractivity contribution in [2.75, 3.05) is 14.2 Å². The SMILES string of the molecule is COc1ccc(CNC(=O)Cc2ccc3[nH]ccc3c2)cc1OC. The zero-order valence-electron chi connectivity index (χ0n) is 13.8. The molecule has 24 heavy (non-hydrogen) atoms. The average molecular weight is 324 g/mol. The van der Waals surface area contributed by atoms with Crippen molar-refractivity contribution in [1.82, 2.24) is 10.3 Å². The summed E-state index contributed by atoms with van der Waals surface area (Å²) in [5.74, 6) is 1.31. The summed E-state index contributed by atoms with van der Waals surface area (Å²) in [5.41, 5.74) is 3.03. The van der Waals surface area contributed by atoms with E-state index >= 15 is 0 Å². The highest BCUT2D eigenvalue weighted by atomic mass is 16.5. The number of aromatic amines is 1. The number of H-pyrrole nitrogens is 1. The maximum Gasteiger partial charge on any atom is 0.224 e. The van der Waals surface area contributed by atoms with Gasteiger partial charge in [0.1, 0.15) is 0 Å². The maximum atomic E-state index is 12.2. The molecule has 2 N–H and O–H groups in total. The number of ether oxygens (including phenoxy) is 2. The molecule has 0 radical (unpaired) electrons. The summed E-state index contributed by atoms with van der Waals surface area (Å²) in [6.45, 7) is 0.450. The second kappa shape index (κ2) is 7.08. The van der Waals surface area contributed by atoms with Crippen molar-refractivity contribution in [1.29, 1.82) is 0 Å². The number of carbonyl (C=O) groups excluding carboxylic acids is 1. The van der Waals surface area contributed by atoms with E-state index in [1.807, 2.05) is 48.7 Å². The molecule has 0 spiro atoms. The van der Waals surface area contributed by atoms with Gasteiger partial charge in [0.2, 0.25) is 5.91 Å². The Morgan fingerprint density at radius 2 is 1.79 bits per heavy atom. The molecular weight excluding hydrogens is 304 g/mol. The highest BCUT2D eigenvalue weighted by molar-refractivity contribution is 5.83. The van der Waals surface area contributed by atoms with Crippen molar-refractivity contribution < 1.29 is 14.3 Å². The van der Waals surface area contributed by atoms with Gasteiger partial charge in [0.05, 0.1) is 20.6 Å². The van der Waals surface area contributed by atoms with Crippen molar-refractivity contribution in [3.05, 3.63) is 59.8 Å². The minimum Gasteiger partial charge on any atom is -0.493 e. The summed E-state index contributed by atoms with van der Waals surface area (Å²) in [6, 6.07) is 13.6. The lowest BCUT2D eigenvalue weighted by molar-refractivity contribution is -0.120. The first-order chi connectivity index (χ1) is 11.7. The smallest absolute Gasteiger partial charge is 0.224 e. The van der Waals surface area contributed by atoms with Crippen LogP contribution in [0, 0.1) is 0 Å². The first-order valence-corrected chi connectivity index (χ1v) is 7.73. The second-order valence-electron chi connectivity index (χ2n) is 5.54. The summed E-state index contributed by atoms with van der Waals surface area (Å²) in [6.07, 6.45) is 2.25. The van der Waals surface area contributed by atoms with Gasteiger partial charge in [-0.25, -0.2) is 0 Å². The third-order valence-corrected chi connectivity index (χ3v) is 3.92. The van der Waals surface area contributed by atoms with Crippen molar-refractivity contribution in [2.45, 2.75) is 13.0 Å². The molecule has 0 fully saturated rings. The normalized spacial score (nSPS) is 10.6. The van der Waals surface area contributed by atoms with Gasteiger partial charge in [-0.2, -0.15) is 0 Å². The standard InChI is InChI=1S/C19H20N2O3/c1-23-17-6-4-14(10-18(17)24-2)12-21-19(22)11-13-3-5-16-15(9-13)7-8-20-16/h3-10,20H,11-12H2,1-2H3,(H,21,22). The molecule has 2 aromatic carbocycles. The summed E-state index contributed by atoms with van der Waals surface area (Å²) in [7, 11) is 3.19. The molecule has 5 heteroatoms. The van der Waals surface area contributed by atoms with Gasteiger partial charge in [-0.1, -0.05) is 12.1 Å². The van der Waals surface area contributed by atoms with Crippen LogP contribution >= 0.6 is 0 Å². The first kappa shape index (κ1) is 15.9. The molecule has 1 aromatic heterocycles. The zero-order chi connectivity index (χ0) is 16.9. The molecule has 0 unspecified atom stereocenters. The van der Waals surface area contributed by atoms with Crippen molar-refractivity contribution in [3.8, 4) is 11.5 Å². The van der Waals surface area contributed by atoms with Crippen LogP contribution in [-0.4, -0.2) is 25.1 Å². The average Bonchev–Trinajstić information content (AvgIpc) is 3.07. The fourth-order valence-corrected chi connectivity index (χ4v) is 2.65. The Balaban J connectivity index is 1.60. The highest BCUT2D eigenvalue weighted by Crippen LogP contribution is 2.27. The highest BCUT2D eigenvalue weighted by Gasteiger charge is 2.07. The Labute approximate surface area is 140 Å². The van der Waals surface area contributed by atoms with E-state index in [1.54, 1.807) is 14.2 Å².